The van der Waals surface area contributed by atoms with Gasteiger partial charge >= 0.3 is 0 Å². The van der Waals surface area contributed by atoms with Crippen molar-refractivity contribution in [3.05, 3.63) is 61.0 Å². The molecule has 0 heterocycles. The molecule has 21 heavy (non-hydrogen) atoms. The smallest absolute Gasteiger partial charge is 0.273 e. The fourth-order valence-corrected chi connectivity index (χ4v) is 2.43. The lowest BCUT2D eigenvalue weighted by molar-refractivity contribution is -0.384. The van der Waals surface area contributed by atoms with E-state index in [0.29, 0.717) is 22.5 Å². The SMILES string of the molecule is CNCc1ccc(Br)cc1Oc1cc([N+](=O)[O-])ccc1Br. The topological polar surface area (TPSA) is 64.4 Å². The number of hydrogen-bond acceptors (Lipinski definition) is 4. The van der Waals surface area contributed by atoms with Gasteiger partial charge in [-0.1, -0.05) is 22.0 Å². The molecule has 5 nitrogen and oxygen atoms in total. The molecule has 0 aromatic heterocycles. The minimum atomic E-state index is -0.450. The average molecular weight is 416 g/mol. The summed E-state index contributed by atoms with van der Waals surface area (Å²) < 4.78 is 7.37. The quantitative estimate of drug-likeness (QED) is 0.571. The summed E-state index contributed by atoms with van der Waals surface area (Å²) in [5.41, 5.74) is 0.942. The van der Waals surface area contributed by atoms with Crippen LogP contribution >= 0.6 is 31.9 Å². The van der Waals surface area contributed by atoms with Crippen molar-refractivity contribution in [1.82, 2.24) is 5.32 Å². The molecule has 0 atom stereocenters. The zero-order valence-corrected chi connectivity index (χ0v) is 14.3. The number of ether oxygens (including phenoxy) is 1. The fourth-order valence-electron chi connectivity index (χ4n) is 1.76. The molecule has 110 valence electrons. The first-order chi connectivity index (χ1) is 10.0. The van der Waals surface area contributed by atoms with Crippen LogP contribution in [0.2, 0.25) is 0 Å². The van der Waals surface area contributed by atoms with Crippen molar-refractivity contribution >= 4 is 37.5 Å². The summed E-state index contributed by atoms with van der Waals surface area (Å²) in [6.07, 6.45) is 0. The zero-order valence-electron chi connectivity index (χ0n) is 11.1. The van der Waals surface area contributed by atoms with Crippen LogP contribution in [0, 0.1) is 10.1 Å². The van der Waals surface area contributed by atoms with E-state index in [4.69, 9.17) is 4.74 Å². The predicted octanol–water partition coefficient (Wildman–Crippen LogP) is 4.63. The summed E-state index contributed by atoms with van der Waals surface area (Å²) in [5, 5.41) is 13.9. The summed E-state index contributed by atoms with van der Waals surface area (Å²) >= 11 is 6.74. The van der Waals surface area contributed by atoms with E-state index in [9.17, 15) is 10.1 Å². The molecular formula is C14H12Br2N2O3. The molecule has 2 rings (SSSR count). The molecule has 0 saturated carbocycles. The molecule has 2 aromatic rings. The Kier molecular flexibility index (Phi) is 5.33. The summed E-state index contributed by atoms with van der Waals surface area (Å²) in [5.74, 6) is 1.04. The highest BCUT2D eigenvalue weighted by Gasteiger charge is 2.13. The Morgan fingerprint density at radius 1 is 1.19 bits per heavy atom. The van der Waals surface area contributed by atoms with Crippen molar-refractivity contribution in [2.24, 2.45) is 0 Å². The van der Waals surface area contributed by atoms with Gasteiger partial charge in [-0.25, -0.2) is 0 Å². The molecule has 7 heteroatoms. The molecule has 0 aliphatic heterocycles. The second-order valence-electron chi connectivity index (χ2n) is 4.26. The van der Waals surface area contributed by atoms with Crippen LogP contribution in [0.1, 0.15) is 5.56 Å². The molecule has 0 bridgehead atoms. The molecule has 0 aliphatic rings. The number of nitrogens with one attached hydrogen (secondary N) is 1. The lowest BCUT2D eigenvalue weighted by Gasteiger charge is -2.12. The van der Waals surface area contributed by atoms with Crippen LogP contribution in [0.3, 0.4) is 0 Å². The molecule has 1 N–H and O–H groups in total. The van der Waals surface area contributed by atoms with Gasteiger partial charge in [-0.05, 0) is 41.2 Å². The Morgan fingerprint density at radius 2 is 1.95 bits per heavy atom. The monoisotopic (exact) mass is 414 g/mol. The molecule has 0 saturated heterocycles. The molecule has 0 amide bonds. The first-order valence-corrected chi connectivity index (χ1v) is 7.64. The van der Waals surface area contributed by atoms with Crippen LogP contribution in [0.4, 0.5) is 5.69 Å². The summed E-state index contributed by atoms with van der Waals surface area (Å²) in [7, 11) is 1.84. The number of benzene rings is 2. The molecule has 0 aliphatic carbocycles. The van der Waals surface area contributed by atoms with Gasteiger partial charge in [-0.2, -0.15) is 0 Å². The average Bonchev–Trinajstić information content (AvgIpc) is 2.44. The number of halogens is 2. The first kappa shape index (κ1) is 15.9. The van der Waals surface area contributed by atoms with Crippen LogP contribution in [-0.2, 0) is 6.54 Å². The van der Waals surface area contributed by atoms with Crippen LogP contribution in [0.25, 0.3) is 0 Å². The molecule has 0 fully saturated rings. The fraction of sp³-hybridized carbons (Fsp3) is 0.143. The molecule has 0 radical (unpaired) electrons. The third-order valence-corrected chi connectivity index (χ3v) is 3.89. The Bertz CT molecular complexity index is 677. The standard InChI is InChI=1S/C14H12Br2N2O3/c1-17-8-9-2-3-10(15)6-13(9)21-14-7-11(18(19)20)4-5-12(14)16/h2-7,17H,8H2,1H3. The zero-order chi connectivity index (χ0) is 15.4. The normalized spacial score (nSPS) is 10.4. The minimum Gasteiger partial charge on any atom is -0.456 e. The number of nitro groups is 1. The van der Waals surface area contributed by atoms with Crippen molar-refractivity contribution in [2.45, 2.75) is 6.54 Å². The first-order valence-electron chi connectivity index (χ1n) is 6.06. The van der Waals surface area contributed by atoms with Gasteiger partial charge in [0, 0.05) is 22.6 Å². The number of nitro benzene ring substituents is 1. The summed E-state index contributed by atoms with van der Waals surface area (Å²) in [4.78, 5) is 10.4. The number of nitrogens with zero attached hydrogens (tertiary/aromatic N) is 1. The van der Waals surface area contributed by atoms with Gasteiger partial charge < -0.3 is 10.1 Å². The Balaban J connectivity index is 2.39. The minimum absolute atomic E-state index is 0.0154. The van der Waals surface area contributed by atoms with E-state index < -0.39 is 4.92 Å². The summed E-state index contributed by atoms with van der Waals surface area (Å²) in [6.45, 7) is 0.634. The highest BCUT2D eigenvalue weighted by molar-refractivity contribution is 9.10. The van der Waals surface area contributed by atoms with E-state index in [1.54, 1.807) is 6.07 Å². The summed E-state index contributed by atoms with van der Waals surface area (Å²) in [6, 6.07) is 10.1. The van der Waals surface area contributed by atoms with Gasteiger partial charge in [0.2, 0.25) is 0 Å². The second-order valence-corrected chi connectivity index (χ2v) is 6.03. The third-order valence-electron chi connectivity index (χ3n) is 2.74. The third kappa shape index (κ3) is 4.03. The van der Waals surface area contributed by atoms with Crippen molar-refractivity contribution in [1.29, 1.82) is 0 Å². The molecular weight excluding hydrogens is 404 g/mol. The molecule has 2 aromatic carbocycles. The predicted molar refractivity (Wildman–Crippen MR) is 87.8 cm³/mol. The maximum atomic E-state index is 10.9. The van der Waals surface area contributed by atoms with Crippen LogP contribution in [-0.4, -0.2) is 12.0 Å². The van der Waals surface area contributed by atoms with Gasteiger partial charge in [-0.15, -0.1) is 0 Å². The van der Waals surface area contributed by atoms with Crippen molar-refractivity contribution in [3.63, 3.8) is 0 Å². The maximum absolute atomic E-state index is 10.9. The number of hydrogen-bond donors (Lipinski definition) is 1. The Labute approximate surface area is 138 Å². The maximum Gasteiger partial charge on any atom is 0.273 e. The van der Waals surface area contributed by atoms with Gasteiger partial charge in [0.05, 0.1) is 15.5 Å². The molecule has 0 spiro atoms. The van der Waals surface area contributed by atoms with E-state index in [-0.39, 0.29) is 5.69 Å². The van der Waals surface area contributed by atoms with Crippen LogP contribution < -0.4 is 10.1 Å². The largest absolute Gasteiger partial charge is 0.456 e. The van der Waals surface area contributed by atoms with Gasteiger partial charge in [-0.3, -0.25) is 10.1 Å². The highest BCUT2D eigenvalue weighted by Crippen LogP contribution is 2.35. The van der Waals surface area contributed by atoms with Crippen molar-refractivity contribution in [3.8, 4) is 11.5 Å². The van der Waals surface area contributed by atoms with Gasteiger partial charge in [0.1, 0.15) is 11.5 Å². The lowest BCUT2D eigenvalue weighted by Crippen LogP contribution is -2.06. The number of non-ortho nitro benzene ring substituents is 1. The highest BCUT2D eigenvalue weighted by atomic mass is 79.9. The van der Waals surface area contributed by atoms with Gasteiger partial charge in [0.15, 0.2) is 0 Å². The number of rotatable bonds is 5. The van der Waals surface area contributed by atoms with Crippen molar-refractivity contribution < 1.29 is 9.66 Å². The van der Waals surface area contributed by atoms with E-state index in [1.807, 2.05) is 25.2 Å². The van der Waals surface area contributed by atoms with Crippen molar-refractivity contribution in [2.75, 3.05) is 7.05 Å². The lowest BCUT2D eigenvalue weighted by atomic mass is 10.2. The second kappa shape index (κ2) is 7.02. The van der Waals surface area contributed by atoms with E-state index in [2.05, 4.69) is 37.2 Å². The molecule has 0 unspecified atom stereocenters. The van der Waals surface area contributed by atoms with Crippen LogP contribution in [0.5, 0.6) is 11.5 Å². The van der Waals surface area contributed by atoms with E-state index >= 15 is 0 Å². The van der Waals surface area contributed by atoms with E-state index in [1.165, 1.54) is 12.1 Å². The van der Waals surface area contributed by atoms with Gasteiger partial charge in [0.25, 0.3) is 5.69 Å². The Morgan fingerprint density at radius 3 is 2.62 bits per heavy atom. The Hall–Kier alpha value is -1.44. The van der Waals surface area contributed by atoms with Crippen LogP contribution in [0.15, 0.2) is 45.3 Å². The van der Waals surface area contributed by atoms with E-state index in [0.717, 1.165) is 10.0 Å².